The van der Waals surface area contributed by atoms with E-state index in [1.54, 1.807) is 0 Å². The third kappa shape index (κ3) is 5.35. The second-order valence-corrected chi connectivity index (χ2v) is 8.10. The summed E-state index contributed by atoms with van der Waals surface area (Å²) in [5.41, 5.74) is 0. The first-order valence-corrected chi connectivity index (χ1v) is 10.6. The molecule has 2 aliphatic carbocycles. The van der Waals surface area contributed by atoms with Crippen LogP contribution >= 0.6 is 0 Å². The third-order valence-electron chi connectivity index (χ3n) is 6.18. The number of nitrogens with one attached hydrogen (secondary N) is 2. The Morgan fingerprint density at radius 1 is 1.00 bits per heavy atom. The first-order valence-electron chi connectivity index (χ1n) is 10.6. The molecule has 3 rings (SSSR count). The minimum atomic E-state index is 0.168. The molecule has 5 heteroatoms. The predicted octanol–water partition coefficient (Wildman–Crippen LogP) is 2.91. The molecule has 1 heterocycles. The summed E-state index contributed by atoms with van der Waals surface area (Å²) in [6.07, 6.45) is 12.2. The van der Waals surface area contributed by atoms with Gasteiger partial charge in [-0.05, 0) is 44.4 Å². The number of hydrogen-bond donors (Lipinski definition) is 2. The van der Waals surface area contributed by atoms with Gasteiger partial charge in [0.25, 0.3) is 0 Å². The van der Waals surface area contributed by atoms with Crippen molar-refractivity contribution in [2.24, 2.45) is 16.8 Å². The molecule has 2 saturated carbocycles. The molecule has 3 fully saturated rings. The van der Waals surface area contributed by atoms with Crippen LogP contribution < -0.4 is 10.6 Å². The highest BCUT2D eigenvalue weighted by molar-refractivity contribution is 5.81. The Hall–Kier alpha value is -1.26. The van der Waals surface area contributed by atoms with Crippen LogP contribution in [0.3, 0.4) is 0 Å². The lowest BCUT2D eigenvalue weighted by atomic mass is 9.82. The Morgan fingerprint density at radius 3 is 2.28 bits per heavy atom. The number of fused-ring (bicyclic) bond motifs is 1. The Bertz CT molecular complexity index is 445. The van der Waals surface area contributed by atoms with Crippen molar-refractivity contribution in [1.29, 1.82) is 0 Å². The van der Waals surface area contributed by atoms with Crippen LogP contribution in [0.5, 0.6) is 0 Å². The van der Waals surface area contributed by atoms with Crippen molar-refractivity contribution in [3.63, 3.8) is 0 Å². The highest BCUT2D eigenvalue weighted by Gasteiger charge is 2.35. The van der Waals surface area contributed by atoms with E-state index in [1.165, 1.54) is 44.9 Å². The Kier molecular flexibility index (Phi) is 7.00. The van der Waals surface area contributed by atoms with Crippen molar-refractivity contribution in [2.45, 2.75) is 77.2 Å². The van der Waals surface area contributed by atoms with Gasteiger partial charge in [-0.2, -0.15) is 0 Å². The van der Waals surface area contributed by atoms with Gasteiger partial charge in [0.15, 0.2) is 5.96 Å². The summed E-state index contributed by atoms with van der Waals surface area (Å²) in [6, 6.07) is 0.403. The van der Waals surface area contributed by atoms with Gasteiger partial charge in [0.05, 0.1) is 6.54 Å². The van der Waals surface area contributed by atoms with Crippen molar-refractivity contribution in [2.75, 3.05) is 26.2 Å². The molecule has 0 aromatic heterocycles. The molecule has 142 valence electrons. The summed E-state index contributed by atoms with van der Waals surface area (Å²) >= 11 is 0. The zero-order valence-electron chi connectivity index (χ0n) is 15.9. The van der Waals surface area contributed by atoms with E-state index < -0.39 is 0 Å². The van der Waals surface area contributed by atoms with E-state index in [2.05, 4.69) is 22.5 Å². The van der Waals surface area contributed by atoms with Crippen LogP contribution in [0.1, 0.15) is 71.1 Å². The van der Waals surface area contributed by atoms with Crippen LogP contribution in [0.15, 0.2) is 4.99 Å². The molecule has 0 aromatic carbocycles. The van der Waals surface area contributed by atoms with Crippen molar-refractivity contribution >= 4 is 11.9 Å². The van der Waals surface area contributed by atoms with E-state index >= 15 is 0 Å². The summed E-state index contributed by atoms with van der Waals surface area (Å²) in [5.74, 6) is 2.89. The van der Waals surface area contributed by atoms with Gasteiger partial charge >= 0.3 is 0 Å². The monoisotopic (exact) mass is 348 g/mol. The summed E-state index contributed by atoms with van der Waals surface area (Å²) in [7, 11) is 0. The van der Waals surface area contributed by atoms with E-state index in [1.807, 2.05) is 0 Å². The SMILES string of the molecule is CCNC(=NCCC(=O)NC1CCCCC1)N1CC2CCCCC2C1. The minimum Gasteiger partial charge on any atom is -0.357 e. The summed E-state index contributed by atoms with van der Waals surface area (Å²) in [5, 5.41) is 6.63. The fourth-order valence-corrected chi connectivity index (χ4v) is 4.81. The van der Waals surface area contributed by atoms with Crippen molar-refractivity contribution < 1.29 is 4.79 Å². The molecule has 2 N–H and O–H groups in total. The standard InChI is InChI=1S/C20H36N4O/c1-2-21-20(24-14-16-8-6-7-9-17(16)15-24)22-13-12-19(25)23-18-10-4-3-5-11-18/h16-18H,2-15H2,1H3,(H,21,22)(H,23,25). The molecule has 5 nitrogen and oxygen atoms in total. The molecule has 1 aliphatic heterocycles. The van der Waals surface area contributed by atoms with Gasteiger partial charge in [-0.3, -0.25) is 9.79 Å². The number of aliphatic imine (C=N–C) groups is 1. The lowest BCUT2D eigenvalue weighted by molar-refractivity contribution is -0.121. The smallest absolute Gasteiger partial charge is 0.222 e. The maximum Gasteiger partial charge on any atom is 0.222 e. The summed E-state index contributed by atoms with van der Waals surface area (Å²) < 4.78 is 0. The molecule has 0 bridgehead atoms. The molecule has 1 saturated heterocycles. The number of rotatable bonds is 5. The van der Waals surface area contributed by atoms with Crippen molar-refractivity contribution in [3.8, 4) is 0 Å². The molecule has 0 spiro atoms. The lowest BCUT2D eigenvalue weighted by Crippen LogP contribution is -2.40. The zero-order chi connectivity index (χ0) is 17.5. The number of carbonyl (C=O) groups excluding carboxylic acids is 1. The molecule has 0 radical (unpaired) electrons. The molecule has 2 unspecified atom stereocenters. The number of amides is 1. The predicted molar refractivity (Wildman–Crippen MR) is 103 cm³/mol. The topological polar surface area (TPSA) is 56.7 Å². The van der Waals surface area contributed by atoms with Gasteiger partial charge in [0, 0.05) is 32.1 Å². The number of likely N-dealkylation sites (tertiary alicyclic amines) is 1. The zero-order valence-corrected chi connectivity index (χ0v) is 15.9. The highest BCUT2D eigenvalue weighted by atomic mass is 16.1. The average molecular weight is 349 g/mol. The van der Waals surface area contributed by atoms with Crippen molar-refractivity contribution in [3.05, 3.63) is 0 Å². The van der Waals surface area contributed by atoms with E-state index in [4.69, 9.17) is 4.99 Å². The molecule has 0 aromatic rings. The lowest BCUT2D eigenvalue weighted by Gasteiger charge is -2.23. The van der Waals surface area contributed by atoms with Gasteiger partial charge in [0.1, 0.15) is 0 Å². The van der Waals surface area contributed by atoms with Crippen LogP contribution in [-0.2, 0) is 4.79 Å². The van der Waals surface area contributed by atoms with Crippen molar-refractivity contribution in [1.82, 2.24) is 15.5 Å². The van der Waals surface area contributed by atoms with Gasteiger partial charge in [-0.25, -0.2) is 0 Å². The molecule has 1 amide bonds. The maximum absolute atomic E-state index is 12.2. The second-order valence-electron chi connectivity index (χ2n) is 8.10. The largest absolute Gasteiger partial charge is 0.357 e. The van der Waals surface area contributed by atoms with Gasteiger partial charge in [-0.1, -0.05) is 32.1 Å². The number of guanidine groups is 1. The summed E-state index contributed by atoms with van der Waals surface area (Å²) in [6.45, 7) is 5.88. The Morgan fingerprint density at radius 2 is 1.64 bits per heavy atom. The van der Waals surface area contributed by atoms with Crippen LogP contribution in [-0.4, -0.2) is 49.0 Å². The van der Waals surface area contributed by atoms with Crippen LogP contribution in [0.2, 0.25) is 0 Å². The number of hydrogen-bond acceptors (Lipinski definition) is 2. The Balaban J connectivity index is 1.46. The number of carbonyl (C=O) groups is 1. The maximum atomic E-state index is 12.2. The van der Waals surface area contributed by atoms with Crippen LogP contribution in [0.25, 0.3) is 0 Å². The van der Waals surface area contributed by atoms with E-state index in [9.17, 15) is 4.79 Å². The molecular weight excluding hydrogens is 312 g/mol. The third-order valence-corrected chi connectivity index (χ3v) is 6.18. The highest BCUT2D eigenvalue weighted by Crippen LogP contribution is 2.35. The average Bonchev–Trinajstić information content (AvgIpc) is 3.06. The van der Waals surface area contributed by atoms with E-state index in [-0.39, 0.29) is 5.91 Å². The van der Waals surface area contributed by atoms with Crippen LogP contribution in [0, 0.1) is 11.8 Å². The normalized spacial score (nSPS) is 27.9. The van der Waals surface area contributed by atoms with E-state index in [0.29, 0.717) is 19.0 Å². The van der Waals surface area contributed by atoms with Gasteiger partial charge in [0.2, 0.25) is 5.91 Å². The molecular formula is C20H36N4O. The molecule has 2 atom stereocenters. The van der Waals surface area contributed by atoms with Gasteiger partial charge < -0.3 is 15.5 Å². The van der Waals surface area contributed by atoms with Crippen LogP contribution in [0.4, 0.5) is 0 Å². The number of nitrogens with zero attached hydrogens (tertiary/aromatic N) is 2. The first kappa shape index (κ1) is 18.5. The quantitative estimate of drug-likeness (QED) is 0.593. The second kappa shape index (κ2) is 9.44. The fourth-order valence-electron chi connectivity index (χ4n) is 4.81. The Labute approximate surface area is 153 Å². The van der Waals surface area contributed by atoms with E-state index in [0.717, 1.165) is 50.3 Å². The molecule has 25 heavy (non-hydrogen) atoms. The first-order chi connectivity index (χ1) is 12.3. The minimum absolute atomic E-state index is 0.168. The van der Waals surface area contributed by atoms with Gasteiger partial charge in [-0.15, -0.1) is 0 Å². The summed E-state index contributed by atoms with van der Waals surface area (Å²) in [4.78, 5) is 19.4. The fraction of sp³-hybridized carbons (Fsp3) is 0.900. The molecule has 3 aliphatic rings.